The van der Waals surface area contributed by atoms with Crippen molar-refractivity contribution in [3.8, 4) is 28.6 Å². The molecule has 3 heterocycles. The summed E-state index contributed by atoms with van der Waals surface area (Å²) in [4.78, 5) is 41.5. The molecule has 0 radical (unpaired) electrons. The van der Waals surface area contributed by atoms with Crippen molar-refractivity contribution in [1.82, 2.24) is 4.98 Å². The van der Waals surface area contributed by atoms with Crippen molar-refractivity contribution in [1.29, 1.82) is 0 Å². The number of benzene rings is 3. The second kappa shape index (κ2) is 7.59. The molecule has 35 heavy (non-hydrogen) atoms. The number of rotatable bonds is 2. The molecule has 0 bridgehead atoms. The minimum Gasteiger partial charge on any atom is -0.504 e. The Labute approximate surface area is 196 Å². The summed E-state index contributed by atoms with van der Waals surface area (Å²) in [7, 11) is 0. The van der Waals surface area contributed by atoms with Crippen LogP contribution in [0.3, 0.4) is 0 Å². The Bertz CT molecular complexity index is 1780. The van der Waals surface area contributed by atoms with Crippen LogP contribution in [0.1, 0.15) is 23.5 Å². The zero-order valence-corrected chi connectivity index (χ0v) is 18.1. The lowest BCUT2D eigenvalue weighted by Gasteiger charge is -2.26. The van der Waals surface area contributed by atoms with Gasteiger partial charge in [0.2, 0.25) is 5.75 Å². The molecule has 0 aliphatic carbocycles. The maximum Gasteiger partial charge on any atom is 0.312 e. The van der Waals surface area contributed by atoms with E-state index < -0.39 is 34.4 Å². The van der Waals surface area contributed by atoms with E-state index in [-0.39, 0.29) is 40.0 Å². The predicted octanol–water partition coefficient (Wildman–Crippen LogP) is 4.15. The average molecular weight is 467 g/mol. The van der Waals surface area contributed by atoms with Crippen LogP contribution in [0.2, 0.25) is 0 Å². The summed E-state index contributed by atoms with van der Waals surface area (Å²) < 4.78 is 11.4. The minimum atomic E-state index is -0.900. The van der Waals surface area contributed by atoms with E-state index in [1.165, 1.54) is 6.07 Å². The third-order valence-corrected chi connectivity index (χ3v) is 6.26. The topological polar surface area (TPSA) is 130 Å². The molecule has 5 aromatic rings. The SMILES string of the molecule is O=C1C[C@@H](c2cc3ccccc3[nH]c2=O)c2c(c(O)c(O)c3c(=O)cc(-c4ccccc4)oc23)O1. The number of carbonyl (C=O) groups excluding carboxylic acids is 1. The van der Waals surface area contributed by atoms with E-state index in [4.69, 9.17) is 9.15 Å². The normalized spacial score (nSPS) is 15.2. The molecular weight excluding hydrogens is 450 g/mol. The Morgan fingerprint density at radius 3 is 2.43 bits per heavy atom. The number of hydrogen-bond donors (Lipinski definition) is 3. The number of ether oxygens (including phenoxy) is 1. The van der Waals surface area contributed by atoms with E-state index in [9.17, 15) is 24.6 Å². The van der Waals surface area contributed by atoms with Crippen LogP contribution in [0.15, 0.2) is 80.7 Å². The van der Waals surface area contributed by atoms with Gasteiger partial charge in [-0.25, -0.2) is 0 Å². The molecule has 0 saturated carbocycles. The Balaban J connectivity index is 1.71. The molecule has 2 aromatic heterocycles. The van der Waals surface area contributed by atoms with Gasteiger partial charge in [-0.2, -0.15) is 0 Å². The number of H-pyrrole nitrogens is 1. The quantitative estimate of drug-likeness (QED) is 0.202. The summed E-state index contributed by atoms with van der Waals surface area (Å²) in [6, 6.07) is 18.9. The number of aromatic nitrogens is 1. The fourth-order valence-corrected chi connectivity index (χ4v) is 4.64. The summed E-state index contributed by atoms with van der Waals surface area (Å²) in [5.74, 6) is -3.24. The Hall–Kier alpha value is -4.85. The molecule has 0 amide bonds. The van der Waals surface area contributed by atoms with Gasteiger partial charge >= 0.3 is 5.97 Å². The van der Waals surface area contributed by atoms with Gasteiger partial charge in [-0.1, -0.05) is 48.5 Å². The van der Waals surface area contributed by atoms with Crippen molar-refractivity contribution in [2.45, 2.75) is 12.3 Å². The van der Waals surface area contributed by atoms with Gasteiger partial charge in [-0.15, -0.1) is 0 Å². The standard InChI is InChI=1S/C27H17NO7/c29-18-12-19(13-6-2-1-3-7-13)34-25-21-15(11-20(30)35-26(21)24(32)23(31)22(18)25)16-10-14-8-4-5-9-17(14)28-27(16)33/h1-10,12,15,31-32H,11H2,(H,28,33)/t15-/m0/s1. The number of nitrogens with one attached hydrogen (secondary N) is 1. The highest BCUT2D eigenvalue weighted by atomic mass is 16.5. The van der Waals surface area contributed by atoms with Gasteiger partial charge in [0, 0.05) is 28.6 Å². The number of para-hydroxylation sites is 1. The lowest BCUT2D eigenvalue weighted by molar-refractivity contribution is -0.135. The lowest BCUT2D eigenvalue weighted by atomic mass is 9.84. The fourth-order valence-electron chi connectivity index (χ4n) is 4.64. The molecule has 1 aliphatic rings. The van der Waals surface area contributed by atoms with Crippen LogP contribution in [0.5, 0.6) is 17.2 Å². The van der Waals surface area contributed by atoms with Gasteiger partial charge < -0.3 is 24.4 Å². The van der Waals surface area contributed by atoms with Crippen LogP contribution in [0.4, 0.5) is 0 Å². The fraction of sp³-hybridized carbons (Fsp3) is 0.0741. The smallest absolute Gasteiger partial charge is 0.312 e. The van der Waals surface area contributed by atoms with E-state index in [1.54, 1.807) is 42.5 Å². The third kappa shape index (κ3) is 3.18. The van der Waals surface area contributed by atoms with Crippen molar-refractivity contribution in [3.63, 3.8) is 0 Å². The maximum absolute atomic E-state index is 13.1. The summed E-state index contributed by atoms with van der Waals surface area (Å²) >= 11 is 0. The zero-order chi connectivity index (χ0) is 24.3. The molecule has 3 aromatic carbocycles. The number of phenolic OH excluding ortho intramolecular Hbond substituents is 2. The van der Waals surface area contributed by atoms with Crippen LogP contribution in [-0.4, -0.2) is 21.2 Å². The molecule has 1 atom stereocenters. The van der Waals surface area contributed by atoms with E-state index in [2.05, 4.69) is 4.98 Å². The highest BCUT2D eigenvalue weighted by Gasteiger charge is 2.37. The summed E-state index contributed by atoms with van der Waals surface area (Å²) in [6.45, 7) is 0. The molecule has 0 saturated heterocycles. The van der Waals surface area contributed by atoms with Crippen molar-refractivity contribution < 1.29 is 24.2 Å². The van der Waals surface area contributed by atoms with Crippen LogP contribution in [0, 0.1) is 0 Å². The zero-order valence-electron chi connectivity index (χ0n) is 18.1. The summed E-state index contributed by atoms with van der Waals surface area (Å²) in [5, 5.41) is 21.8. The largest absolute Gasteiger partial charge is 0.504 e. The first-order valence-corrected chi connectivity index (χ1v) is 10.9. The monoisotopic (exact) mass is 467 g/mol. The molecule has 0 fully saturated rings. The number of pyridine rings is 1. The van der Waals surface area contributed by atoms with Gasteiger partial charge in [-0.3, -0.25) is 14.4 Å². The van der Waals surface area contributed by atoms with E-state index in [0.717, 1.165) is 5.39 Å². The number of phenols is 2. The van der Waals surface area contributed by atoms with E-state index >= 15 is 0 Å². The maximum atomic E-state index is 13.1. The Morgan fingerprint density at radius 1 is 0.886 bits per heavy atom. The minimum absolute atomic E-state index is 0.0632. The second-order valence-corrected chi connectivity index (χ2v) is 8.36. The second-order valence-electron chi connectivity index (χ2n) is 8.36. The highest BCUT2D eigenvalue weighted by molar-refractivity contribution is 5.96. The van der Waals surface area contributed by atoms with Gasteiger partial charge in [0.25, 0.3) is 5.56 Å². The number of aromatic hydroxyl groups is 2. The third-order valence-electron chi connectivity index (χ3n) is 6.26. The van der Waals surface area contributed by atoms with Gasteiger partial charge in [0.05, 0.1) is 12.0 Å². The van der Waals surface area contributed by atoms with E-state index in [0.29, 0.717) is 11.1 Å². The highest BCUT2D eigenvalue weighted by Crippen LogP contribution is 2.51. The van der Waals surface area contributed by atoms with Crippen molar-refractivity contribution >= 4 is 27.8 Å². The molecule has 3 N–H and O–H groups in total. The number of carbonyl (C=O) groups is 1. The number of fused-ring (bicyclic) bond motifs is 4. The van der Waals surface area contributed by atoms with E-state index in [1.807, 2.05) is 18.2 Å². The summed E-state index contributed by atoms with van der Waals surface area (Å²) in [6.07, 6.45) is -0.229. The molecule has 8 nitrogen and oxygen atoms in total. The first kappa shape index (κ1) is 20.7. The summed E-state index contributed by atoms with van der Waals surface area (Å²) in [5.41, 5.74) is 0.523. The molecule has 0 unspecified atom stereocenters. The molecule has 172 valence electrons. The predicted molar refractivity (Wildman–Crippen MR) is 128 cm³/mol. The molecule has 1 aliphatic heterocycles. The first-order chi connectivity index (χ1) is 16.9. The molecular formula is C27H17NO7. The average Bonchev–Trinajstić information content (AvgIpc) is 2.86. The van der Waals surface area contributed by atoms with Crippen molar-refractivity contribution in [2.75, 3.05) is 0 Å². The van der Waals surface area contributed by atoms with Crippen LogP contribution >= 0.6 is 0 Å². The van der Waals surface area contributed by atoms with Gasteiger partial charge in [0.1, 0.15) is 16.7 Å². The van der Waals surface area contributed by atoms with Crippen molar-refractivity contribution in [3.05, 3.63) is 98.4 Å². The Morgan fingerprint density at radius 2 is 1.63 bits per heavy atom. The number of hydrogen-bond acceptors (Lipinski definition) is 7. The van der Waals surface area contributed by atoms with Crippen LogP contribution in [-0.2, 0) is 4.79 Å². The van der Waals surface area contributed by atoms with Crippen LogP contribution in [0.25, 0.3) is 33.2 Å². The molecule has 8 heteroatoms. The van der Waals surface area contributed by atoms with Gasteiger partial charge in [-0.05, 0) is 17.5 Å². The first-order valence-electron chi connectivity index (χ1n) is 10.9. The van der Waals surface area contributed by atoms with Crippen LogP contribution < -0.4 is 15.7 Å². The molecule has 0 spiro atoms. The number of aromatic amines is 1. The number of esters is 1. The lowest BCUT2D eigenvalue weighted by Crippen LogP contribution is -2.26. The van der Waals surface area contributed by atoms with Crippen molar-refractivity contribution in [2.24, 2.45) is 0 Å². The molecule has 6 rings (SSSR count). The van der Waals surface area contributed by atoms with Gasteiger partial charge in [0.15, 0.2) is 16.9 Å². The Kier molecular flexibility index (Phi) is 4.50.